The highest BCUT2D eigenvalue weighted by Crippen LogP contribution is 2.65. The number of amides is 1. The van der Waals surface area contributed by atoms with E-state index in [1.165, 1.54) is 14.2 Å². The van der Waals surface area contributed by atoms with Gasteiger partial charge in [0.25, 0.3) is 5.91 Å². The molecule has 5 rings (SSSR count). The molecule has 2 aliphatic heterocycles. The Balaban J connectivity index is 1.94. The molecule has 0 unspecified atom stereocenters. The lowest BCUT2D eigenvalue weighted by Gasteiger charge is -2.44. The lowest BCUT2D eigenvalue weighted by molar-refractivity contribution is -0.175. The van der Waals surface area contributed by atoms with Gasteiger partial charge < -0.3 is 19.7 Å². The van der Waals surface area contributed by atoms with Crippen LogP contribution in [0.15, 0.2) is 83.3 Å². The molecule has 7 nitrogen and oxygen atoms in total. The quantitative estimate of drug-likeness (QED) is 0.389. The first kappa shape index (κ1) is 23.1. The molecule has 1 fully saturated rings. The van der Waals surface area contributed by atoms with E-state index in [0.29, 0.717) is 21.4 Å². The Hall–Kier alpha value is -3.65. The lowest BCUT2D eigenvalue weighted by Crippen LogP contribution is -2.62. The molecule has 3 aromatic carbocycles. The first-order valence-electron chi connectivity index (χ1n) is 11.1. The van der Waals surface area contributed by atoms with Crippen molar-refractivity contribution in [2.75, 3.05) is 24.4 Å². The monoisotopic (exact) mass is 534 g/mol. The Morgan fingerprint density at radius 2 is 1.54 bits per heavy atom. The molecular formula is C27H23BrN2O5. The van der Waals surface area contributed by atoms with E-state index in [4.69, 9.17) is 9.47 Å². The Labute approximate surface area is 211 Å². The number of nitrogens with one attached hydrogen (secondary N) is 1. The lowest BCUT2D eigenvalue weighted by atomic mass is 9.66. The second-order valence-electron chi connectivity index (χ2n) is 8.58. The molecule has 1 N–H and O–H groups in total. The van der Waals surface area contributed by atoms with E-state index in [-0.39, 0.29) is 6.42 Å². The van der Waals surface area contributed by atoms with E-state index in [1.807, 2.05) is 65.6 Å². The number of para-hydroxylation sites is 1. The van der Waals surface area contributed by atoms with Crippen LogP contribution in [0.4, 0.5) is 11.4 Å². The number of hydrogen-bond acceptors (Lipinski definition) is 6. The highest BCUT2D eigenvalue weighted by molar-refractivity contribution is 9.10. The number of rotatable bonds is 4. The molecule has 0 saturated carbocycles. The molecule has 178 valence electrons. The van der Waals surface area contributed by atoms with E-state index in [0.717, 1.165) is 5.56 Å². The molecule has 0 bridgehead atoms. The highest BCUT2D eigenvalue weighted by Gasteiger charge is 2.78. The average molecular weight is 535 g/mol. The smallest absolute Gasteiger partial charge is 0.326 e. The summed E-state index contributed by atoms with van der Waals surface area (Å²) in [5.41, 5.74) is -1.21. The van der Waals surface area contributed by atoms with Crippen LogP contribution in [0, 0.1) is 5.41 Å². The fourth-order valence-electron chi connectivity index (χ4n) is 5.69. The van der Waals surface area contributed by atoms with Crippen LogP contribution in [0.1, 0.15) is 23.6 Å². The number of hydrogen-bond donors (Lipinski definition) is 1. The van der Waals surface area contributed by atoms with Crippen molar-refractivity contribution in [2.24, 2.45) is 5.41 Å². The number of carbonyl (C=O) groups is 3. The average Bonchev–Trinajstić information content (AvgIpc) is 3.38. The summed E-state index contributed by atoms with van der Waals surface area (Å²) in [6.45, 7) is 0. The number of esters is 2. The molecule has 8 heteroatoms. The standard InChI is InChI=1S/C27H23BrN2O5/c1-34-24(32)26(25(33)35-2)16-22(17-9-5-3-6-10-17)30(19-11-7-4-8-12-19)27(26)20-15-18(28)13-14-21(20)29-23(27)31/h3-15,22H,16H2,1-2H3,(H,29,31)/t22-,27+/m0/s1. The second kappa shape index (κ2) is 8.53. The molecular weight excluding hydrogens is 512 g/mol. The van der Waals surface area contributed by atoms with E-state index in [1.54, 1.807) is 18.2 Å². The summed E-state index contributed by atoms with van der Waals surface area (Å²) in [6, 6.07) is 23.6. The van der Waals surface area contributed by atoms with E-state index in [9.17, 15) is 14.4 Å². The topological polar surface area (TPSA) is 84.9 Å². The summed E-state index contributed by atoms with van der Waals surface area (Å²) < 4.78 is 11.2. The SMILES string of the molecule is COC(=O)C1(C(=O)OC)C[C@@H](c2ccccc2)N(c2ccccc2)[C@]12C(=O)Nc1ccc(Br)cc12. The van der Waals surface area contributed by atoms with Crippen molar-refractivity contribution < 1.29 is 23.9 Å². The predicted molar refractivity (Wildman–Crippen MR) is 134 cm³/mol. The van der Waals surface area contributed by atoms with E-state index >= 15 is 0 Å². The van der Waals surface area contributed by atoms with Gasteiger partial charge in [-0.15, -0.1) is 0 Å². The van der Waals surface area contributed by atoms with Gasteiger partial charge in [0, 0.05) is 27.8 Å². The van der Waals surface area contributed by atoms with Crippen LogP contribution < -0.4 is 10.2 Å². The Morgan fingerprint density at radius 1 is 0.943 bits per heavy atom. The number of ether oxygens (including phenoxy) is 2. The summed E-state index contributed by atoms with van der Waals surface area (Å²) in [5, 5.41) is 2.92. The molecule has 2 heterocycles. The minimum absolute atomic E-state index is 0.0232. The van der Waals surface area contributed by atoms with Gasteiger partial charge in [-0.05, 0) is 35.9 Å². The molecule has 0 aliphatic carbocycles. The third kappa shape index (κ3) is 3.06. The number of benzene rings is 3. The third-order valence-corrected chi connectivity index (χ3v) is 7.52. The van der Waals surface area contributed by atoms with Crippen LogP contribution >= 0.6 is 15.9 Å². The van der Waals surface area contributed by atoms with Gasteiger partial charge >= 0.3 is 11.9 Å². The maximum atomic E-state index is 14.2. The summed E-state index contributed by atoms with van der Waals surface area (Å²) >= 11 is 3.51. The van der Waals surface area contributed by atoms with Gasteiger partial charge in [0.05, 0.1) is 20.3 Å². The summed E-state index contributed by atoms with van der Waals surface area (Å²) in [5.74, 6) is -2.15. The normalized spacial score (nSPS) is 22.0. The Kier molecular flexibility index (Phi) is 5.63. The first-order valence-corrected chi connectivity index (χ1v) is 11.9. The number of methoxy groups -OCH3 is 2. The molecule has 3 aromatic rings. The molecule has 0 radical (unpaired) electrons. The second-order valence-corrected chi connectivity index (χ2v) is 9.49. The minimum Gasteiger partial charge on any atom is -0.468 e. The van der Waals surface area contributed by atoms with Crippen molar-refractivity contribution >= 4 is 45.2 Å². The molecule has 2 aliphatic rings. The Bertz CT molecular complexity index is 1300. The van der Waals surface area contributed by atoms with Crippen molar-refractivity contribution in [2.45, 2.75) is 18.0 Å². The molecule has 0 aromatic heterocycles. The van der Waals surface area contributed by atoms with Gasteiger partial charge in [0.15, 0.2) is 5.54 Å². The van der Waals surface area contributed by atoms with Gasteiger partial charge in [-0.25, -0.2) is 0 Å². The first-order chi connectivity index (χ1) is 16.9. The van der Waals surface area contributed by atoms with Crippen LogP contribution in [-0.4, -0.2) is 32.1 Å². The van der Waals surface area contributed by atoms with E-state index < -0.39 is 34.8 Å². The van der Waals surface area contributed by atoms with Crippen molar-refractivity contribution in [3.8, 4) is 0 Å². The maximum absolute atomic E-state index is 14.2. The molecule has 1 spiro atoms. The largest absolute Gasteiger partial charge is 0.468 e. The summed E-state index contributed by atoms with van der Waals surface area (Å²) in [6.07, 6.45) is -0.0232. The summed E-state index contributed by atoms with van der Waals surface area (Å²) in [4.78, 5) is 43.6. The van der Waals surface area contributed by atoms with Crippen molar-refractivity contribution in [1.29, 1.82) is 0 Å². The molecule has 1 amide bonds. The van der Waals surface area contributed by atoms with E-state index in [2.05, 4.69) is 21.2 Å². The van der Waals surface area contributed by atoms with Gasteiger partial charge in [0.2, 0.25) is 5.41 Å². The van der Waals surface area contributed by atoms with Crippen LogP contribution in [0.2, 0.25) is 0 Å². The number of fused-ring (bicyclic) bond motifs is 2. The van der Waals surface area contributed by atoms with Gasteiger partial charge in [0.1, 0.15) is 0 Å². The fraction of sp³-hybridized carbons (Fsp3) is 0.222. The molecule has 35 heavy (non-hydrogen) atoms. The van der Waals surface area contributed by atoms with Gasteiger partial charge in [-0.1, -0.05) is 64.5 Å². The number of anilines is 2. The van der Waals surface area contributed by atoms with Gasteiger partial charge in [-0.2, -0.15) is 0 Å². The number of halogens is 1. The number of carbonyl (C=O) groups excluding carboxylic acids is 3. The third-order valence-electron chi connectivity index (χ3n) is 7.02. The minimum atomic E-state index is -1.98. The van der Waals surface area contributed by atoms with Crippen LogP contribution in [0.5, 0.6) is 0 Å². The maximum Gasteiger partial charge on any atom is 0.326 e. The predicted octanol–water partition coefficient (Wildman–Crippen LogP) is 4.58. The highest BCUT2D eigenvalue weighted by atomic mass is 79.9. The van der Waals surface area contributed by atoms with Crippen LogP contribution in [0.3, 0.4) is 0 Å². The zero-order valence-corrected chi connectivity index (χ0v) is 20.7. The Morgan fingerprint density at radius 3 is 2.14 bits per heavy atom. The van der Waals surface area contributed by atoms with Crippen molar-refractivity contribution in [3.05, 3.63) is 94.5 Å². The zero-order chi connectivity index (χ0) is 24.8. The zero-order valence-electron chi connectivity index (χ0n) is 19.2. The van der Waals surface area contributed by atoms with Crippen LogP contribution in [0.25, 0.3) is 0 Å². The van der Waals surface area contributed by atoms with Crippen molar-refractivity contribution in [3.63, 3.8) is 0 Å². The van der Waals surface area contributed by atoms with Crippen molar-refractivity contribution in [1.82, 2.24) is 0 Å². The molecule has 2 atom stereocenters. The molecule has 1 saturated heterocycles. The van der Waals surface area contributed by atoms with Gasteiger partial charge in [-0.3, -0.25) is 14.4 Å². The van der Waals surface area contributed by atoms with Crippen LogP contribution in [-0.2, 0) is 29.4 Å². The fourth-order valence-corrected chi connectivity index (χ4v) is 6.05. The number of nitrogens with zero attached hydrogens (tertiary/aromatic N) is 1. The summed E-state index contributed by atoms with van der Waals surface area (Å²) in [7, 11) is 2.44.